The van der Waals surface area contributed by atoms with Crippen molar-refractivity contribution in [2.75, 3.05) is 6.54 Å². The van der Waals surface area contributed by atoms with Crippen molar-refractivity contribution in [3.8, 4) is 0 Å². The van der Waals surface area contributed by atoms with E-state index in [-0.39, 0.29) is 18.8 Å². The summed E-state index contributed by atoms with van der Waals surface area (Å²) in [4.78, 5) is 12.2. The van der Waals surface area contributed by atoms with E-state index in [1.807, 2.05) is 13.8 Å². The molecule has 0 aromatic carbocycles. The summed E-state index contributed by atoms with van der Waals surface area (Å²) in [5.74, 6) is 0.294. The number of amides is 1. The van der Waals surface area contributed by atoms with Gasteiger partial charge in [-0.25, -0.2) is 0 Å². The molecule has 162 valence electrons. The molecule has 0 aliphatic heterocycles. The Morgan fingerprint density at radius 3 is 2.53 bits per heavy atom. The van der Waals surface area contributed by atoms with Crippen LogP contribution in [-0.2, 0) is 19.3 Å². The van der Waals surface area contributed by atoms with Gasteiger partial charge in [-0.3, -0.25) is 14.2 Å². The zero-order valence-electron chi connectivity index (χ0n) is 16.7. The van der Waals surface area contributed by atoms with Crippen LogP contribution in [0.1, 0.15) is 45.5 Å². The van der Waals surface area contributed by atoms with Gasteiger partial charge < -0.3 is 9.73 Å². The van der Waals surface area contributed by atoms with Crippen LogP contribution >= 0.6 is 11.6 Å². The van der Waals surface area contributed by atoms with Crippen LogP contribution in [0.5, 0.6) is 0 Å². The predicted molar refractivity (Wildman–Crippen MR) is 103 cm³/mol. The third-order valence-corrected chi connectivity index (χ3v) is 5.14. The monoisotopic (exact) mass is 443 g/mol. The Hall–Kier alpha value is -2.75. The number of rotatable bonds is 7. The van der Waals surface area contributed by atoms with Gasteiger partial charge in [-0.15, -0.1) is 0 Å². The van der Waals surface area contributed by atoms with E-state index in [1.54, 1.807) is 23.7 Å². The third-order valence-electron chi connectivity index (χ3n) is 4.59. The van der Waals surface area contributed by atoms with Gasteiger partial charge in [0.1, 0.15) is 5.76 Å². The van der Waals surface area contributed by atoms with Crippen LogP contribution in [-0.4, -0.2) is 32.0 Å². The van der Waals surface area contributed by atoms with E-state index in [9.17, 15) is 18.0 Å². The highest BCUT2D eigenvalue weighted by molar-refractivity contribution is 6.31. The second-order valence-electron chi connectivity index (χ2n) is 6.91. The maximum Gasteiger partial charge on any atom is 0.435 e. The minimum Gasteiger partial charge on any atom is -0.454 e. The maximum atomic E-state index is 12.7. The van der Waals surface area contributed by atoms with E-state index in [1.165, 1.54) is 4.68 Å². The SMILES string of the molecule is Cc1nn(Cc2ccc(C(=O)NCCCn3nc(C(F)(F)F)cc3C)o2)c(C)c1Cl. The molecule has 3 rings (SSSR count). The first kappa shape index (κ1) is 21.9. The lowest BCUT2D eigenvalue weighted by Gasteiger charge is -2.06. The summed E-state index contributed by atoms with van der Waals surface area (Å²) in [5, 5.41) is 11.2. The topological polar surface area (TPSA) is 77.9 Å². The molecule has 1 amide bonds. The van der Waals surface area contributed by atoms with Crippen LogP contribution in [0.25, 0.3) is 0 Å². The number of carbonyl (C=O) groups excluding carboxylic acids is 1. The quantitative estimate of drug-likeness (QED) is 0.557. The molecule has 0 aliphatic rings. The molecule has 0 spiro atoms. The summed E-state index contributed by atoms with van der Waals surface area (Å²) in [7, 11) is 0. The van der Waals surface area contributed by atoms with Crippen molar-refractivity contribution in [1.29, 1.82) is 0 Å². The van der Waals surface area contributed by atoms with E-state index >= 15 is 0 Å². The first-order chi connectivity index (χ1) is 14.1. The molecule has 0 bridgehead atoms. The van der Waals surface area contributed by atoms with Crippen molar-refractivity contribution in [2.45, 2.75) is 46.5 Å². The Morgan fingerprint density at radius 2 is 1.93 bits per heavy atom. The molecule has 0 saturated carbocycles. The van der Waals surface area contributed by atoms with Crippen LogP contribution < -0.4 is 5.32 Å². The molecular weight excluding hydrogens is 423 g/mol. The fourth-order valence-electron chi connectivity index (χ4n) is 2.95. The first-order valence-corrected chi connectivity index (χ1v) is 9.62. The Balaban J connectivity index is 1.50. The van der Waals surface area contributed by atoms with E-state index in [4.69, 9.17) is 16.0 Å². The van der Waals surface area contributed by atoms with Crippen molar-refractivity contribution in [3.63, 3.8) is 0 Å². The van der Waals surface area contributed by atoms with Crippen LogP contribution in [0.2, 0.25) is 5.02 Å². The number of aryl methyl sites for hydroxylation is 3. The molecule has 0 saturated heterocycles. The van der Waals surface area contributed by atoms with Crippen LogP contribution in [0.4, 0.5) is 13.2 Å². The standard InChI is InChI=1S/C19H21ClF3N5O2/c1-11-9-16(19(21,22)23)26-27(11)8-4-7-24-18(29)15-6-5-14(30-15)10-28-13(3)17(20)12(2)25-28/h5-6,9H,4,7-8,10H2,1-3H3,(H,24,29). The zero-order chi connectivity index (χ0) is 22.1. The molecule has 0 radical (unpaired) electrons. The average molecular weight is 444 g/mol. The van der Waals surface area contributed by atoms with Gasteiger partial charge in [0, 0.05) is 18.8 Å². The number of nitrogens with one attached hydrogen (secondary N) is 1. The van der Waals surface area contributed by atoms with E-state index in [2.05, 4.69) is 15.5 Å². The van der Waals surface area contributed by atoms with Crippen LogP contribution in [0.3, 0.4) is 0 Å². The van der Waals surface area contributed by atoms with E-state index < -0.39 is 17.8 Å². The number of alkyl halides is 3. The fourth-order valence-corrected chi connectivity index (χ4v) is 3.09. The van der Waals surface area contributed by atoms with Gasteiger partial charge in [-0.2, -0.15) is 23.4 Å². The molecule has 0 unspecified atom stereocenters. The van der Waals surface area contributed by atoms with Gasteiger partial charge in [0.25, 0.3) is 5.91 Å². The number of hydrogen-bond acceptors (Lipinski definition) is 4. The minimum atomic E-state index is -4.47. The van der Waals surface area contributed by atoms with Crippen LogP contribution in [0, 0.1) is 20.8 Å². The molecule has 1 N–H and O–H groups in total. The highest BCUT2D eigenvalue weighted by atomic mass is 35.5. The summed E-state index contributed by atoms with van der Waals surface area (Å²) in [6.07, 6.45) is -4.05. The van der Waals surface area contributed by atoms with Crippen molar-refractivity contribution in [2.24, 2.45) is 0 Å². The summed E-state index contributed by atoms with van der Waals surface area (Å²) in [5.41, 5.74) is 1.01. The van der Waals surface area contributed by atoms with Crippen molar-refractivity contribution in [3.05, 3.63) is 57.5 Å². The molecule has 7 nitrogen and oxygen atoms in total. The van der Waals surface area contributed by atoms with Gasteiger partial charge in [0.2, 0.25) is 0 Å². The van der Waals surface area contributed by atoms with E-state index in [0.717, 1.165) is 11.8 Å². The molecule has 3 aromatic rings. The Morgan fingerprint density at radius 1 is 1.20 bits per heavy atom. The number of carbonyl (C=O) groups is 1. The van der Waals surface area contributed by atoms with E-state index in [0.29, 0.717) is 35.1 Å². The Bertz CT molecular complexity index is 1050. The Kier molecular flexibility index (Phi) is 6.25. The third kappa shape index (κ3) is 4.86. The number of furan rings is 1. The smallest absolute Gasteiger partial charge is 0.435 e. The first-order valence-electron chi connectivity index (χ1n) is 9.24. The summed E-state index contributed by atoms with van der Waals surface area (Å²) >= 11 is 6.13. The molecule has 11 heteroatoms. The molecule has 3 heterocycles. The van der Waals surface area contributed by atoms with Crippen molar-refractivity contribution < 1.29 is 22.4 Å². The molecule has 30 heavy (non-hydrogen) atoms. The average Bonchev–Trinajstić information content (AvgIpc) is 3.35. The van der Waals surface area contributed by atoms with Gasteiger partial charge in [0.15, 0.2) is 11.5 Å². The predicted octanol–water partition coefficient (Wildman–Crippen LogP) is 4.14. The second kappa shape index (κ2) is 8.55. The lowest BCUT2D eigenvalue weighted by atomic mass is 10.3. The van der Waals surface area contributed by atoms with Gasteiger partial charge >= 0.3 is 6.18 Å². The molecular formula is C19H21ClF3N5O2. The molecule has 0 aliphatic carbocycles. The van der Waals surface area contributed by atoms with Crippen molar-refractivity contribution in [1.82, 2.24) is 24.9 Å². The molecule has 0 atom stereocenters. The van der Waals surface area contributed by atoms with Crippen LogP contribution in [0.15, 0.2) is 22.6 Å². The van der Waals surface area contributed by atoms with Crippen molar-refractivity contribution >= 4 is 17.5 Å². The number of nitrogens with zero attached hydrogens (tertiary/aromatic N) is 4. The largest absolute Gasteiger partial charge is 0.454 e. The fraction of sp³-hybridized carbons (Fsp3) is 0.421. The minimum absolute atomic E-state index is 0.146. The van der Waals surface area contributed by atoms with Gasteiger partial charge in [0.05, 0.1) is 23.0 Å². The highest BCUT2D eigenvalue weighted by Crippen LogP contribution is 2.28. The number of aromatic nitrogens is 4. The lowest BCUT2D eigenvalue weighted by molar-refractivity contribution is -0.141. The Labute approximate surface area is 175 Å². The summed E-state index contributed by atoms with van der Waals surface area (Å²) < 4.78 is 46.6. The second-order valence-corrected chi connectivity index (χ2v) is 7.29. The number of hydrogen-bond donors (Lipinski definition) is 1. The zero-order valence-corrected chi connectivity index (χ0v) is 17.4. The highest BCUT2D eigenvalue weighted by Gasteiger charge is 2.34. The molecule has 0 fully saturated rings. The molecule has 3 aromatic heterocycles. The maximum absolute atomic E-state index is 12.7. The lowest BCUT2D eigenvalue weighted by Crippen LogP contribution is -2.25. The van der Waals surface area contributed by atoms with Gasteiger partial charge in [-0.05, 0) is 45.4 Å². The summed E-state index contributed by atoms with van der Waals surface area (Å²) in [6.45, 7) is 6.07. The summed E-state index contributed by atoms with van der Waals surface area (Å²) in [6, 6.07) is 4.25. The number of halogens is 4. The normalized spacial score (nSPS) is 11.8. The van der Waals surface area contributed by atoms with Gasteiger partial charge in [-0.1, -0.05) is 11.6 Å².